The molecule has 0 aliphatic carbocycles. The molecular weight excluding hydrogens is 232 g/mol. The van der Waals surface area contributed by atoms with Gasteiger partial charge < -0.3 is 10.5 Å². The third kappa shape index (κ3) is 2.87. The number of rotatable bonds is 4. The molecular formula is C13H22N2OS. The minimum atomic E-state index is -0.293. The van der Waals surface area contributed by atoms with Crippen LogP contribution in [0.3, 0.4) is 0 Å². The molecule has 0 spiro atoms. The first-order valence-corrected chi connectivity index (χ1v) is 7.24. The molecule has 17 heavy (non-hydrogen) atoms. The maximum atomic E-state index is 6.23. The SMILES string of the molecule is CCCc1nc(C2CCCO2)sc1C(C)(C)N. The Morgan fingerprint density at radius 1 is 1.53 bits per heavy atom. The second kappa shape index (κ2) is 5.04. The summed E-state index contributed by atoms with van der Waals surface area (Å²) in [6.45, 7) is 7.16. The highest BCUT2D eigenvalue weighted by molar-refractivity contribution is 7.12. The number of nitrogens with zero attached hydrogens (tertiary/aromatic N) is 1. The Hall–Kier alpha value is -0.450. The summed E-state index contributed by atoms with van der Waals surface area (Å²) < 4.78 is 5.71. The van der Waals surface area contributed by atoms with E-state index in [9.17, 15) is 0 Å². The maximum absolute atomic E-state index is 6.23. The van der Waals surface area contributed by atoms with E-state index in [1.165, 1.54) is 10.6 Å². The molecule has 1 aliphatic rings. The molecule has 1 aromatic rings. The van der Waals surface area contributed by atoms with E-state index >= 15 is 0 Å². The molecule has 0 aromatic carbocycles. The normalized spacial score (nSPS) is 21.1. The van der Waals surface area contributed by atoms with Crippen molar-refractivity contribution in [3.63, 3.8) is 0 Å². The van der Waals surface area contributed by atoms with Crippen molar-refractivity contribution < 1.29 is 4.74 Å². The highest BCUT2D eigenvalue weighted by atomic mass is 32.1. The fourth-order valence-corrected chi connectivity index (χ4v) is 3.40. The number of aryl methyl sites for hydroxylation is 1. The Labute approximate surface area is 107 Å². The van der Waals surface area contributed by atoms with Crippen LogP contribution >= 0.6 is 11.3 Å². The minimum absolute atomic E-state index is 0.215. The summed E-state index contributed by atoms with van der Waals surface area (Å²) in [7, 11) is 0. The molecule has 96 valence electrons. The van der Waals surface area contributed by atoms with Crippen molar-refractivity contribution in [3.05, 3.63) is 15.6 Å². The lowest BCUT2D eigenvalue weighted by molar-refractivity contribution is 0.111. The molecule has 1 unspecified atom stereocenters. The molecule has 0 amide bonds. The first-order valence-electron chi connectivity index (χ1n) is 6.43. The third-order valence-corrected chi connectivity index (χ3v) is 4.52. The van der Waals surface area contributed by atoms with Gasteiger partial charge in [-0.25, -0.2) is 4.98 Å². The fraction of sp³-hybridized carbons (Fsp3) is 0.769. The average Bonchev–Trinajstić information content (AvgIpc) is 2.82. The largest absolute Gasteiger partial charge is 0.371 e. The van der Waals surface area contributed by atoms with Crippen LogP contribution in [0.15, 0.2) is 0 Å². The van der Waals surface area contributed by atoms with Crippen LogP contribution in [0.4, 0.5) is 0 Å². The summed E-state index contributed by atoms with van der Waals surface area (Å²) in [5.41, 5.74) is 7.11. The van der Waals surface area contributed by atoms with Crippen LogP contribution in [0.2, 0.25) is 0 Å². The minimum Gasteiger partial charge on any atom is -0.371 e. The van der Waals surface area contributed by atoms with Gasteiger partial charge in [-0.3, -0.25) is 0 Å². The predicted molar refractivity (Wildman–Crippen MR) is 71.2 cm³/mol. The molecule has 2 rings (SSSR count). The zero-order valence-electron chi connectivity index (χ0n) is 11.0. The van der Waals surface area contributed by atoms with Crippen molar-refractivity contribution in [2.45, 2.75) is 58.1 Å². The van der Waals surface area contributed by atoms with Gasteiger partial charge in [-0.1, -0.05) is 13.3 Å². The van der Waals surface area contributed by atoms with Crippen molar-refractivity contribution in [1.29, 1.82) is 0 Å². The molecule has 0 saturated carbocycles. The van der Waals surface area contributed by atoms with Gasteiger partial charge >= 0.3 is 0 Å². The zero-order chi connectivity index (χ0) is 12.5. The predicted octanol–water partition coefficient (Wildman–Crippen LogP) is 3.14. The van der Waals surface area contributed by atoms with Crippen LogP contribution in [0.5, 0.6) is 0 Å². The van der Waals surface area contributed by atoms with Gasteiger partial charge in [-0.15, -0.1) is 11.3 Å². The van der Waals surface area contributed by atoms with E-state index in [4.69, 9.17) is 15.5 Å². The molecule has 2 heterocycles. The van der Waals surface area contributed by atoms with Crippen molar-refractivity contribution >= 4 is 11.3 Å². The molecule has 1 saturated heterocycles. The highest BCUT2D eigenvalue weighted by Gasteiger charge is 2.27. The lowest BCUT2D eigenvalue weighted by Crippen LogP contribution is -2.28. The Morgan fingerprint density at radius 2 is 2.29 bits per heavy atom. The summed E-state index contributed by atoms with van der Waals surface area (Å²) in [4.78, 5) is 5.99. The highest BCUT2D eigenvalue weighted by Crippen LogP contribution is 2.36. The lowest BCUT2D eigenvalue weighted by atomic mass is 10.0. The molecule has 0 radical (unpaired) electrons. The van der Waals surface area contributed by atoms with Gasteiger partial charge in [0.25, 0.3) is 0 Å². The summed E-state index contributed by atoms with van der Waals surface area (Å²) in [5, 5.41) is 1.12. The maximum Gasteiger partial charge on any atom is 0.122 e. The fourth-order valence-electron chi connectivity index (χ4n) is 2.19. The summed E-state index contributed by atoms with van der Waals surface area (Å²) in [6, 6.07) is 0. The number of hydrogen-bond acceptors (Lipinski definition) is 4. The first kappa shape index (κ1) is 13.0. The van der Waals surface area contributed by atoms with Gasteiger partial charge in [0.15, 0.2) is 0 Å². The quantitative estimate of drug-likeness (QED) is 0.898. The molecule has 3 nitrogen and oxygen atoms in total. The van der Waals surface area contributed by atoms with Crippen LogP contribution in [0.25, 0.3) is 0 Å². The Kier molecular flexibility index (Phi) is 3.85. The van der Waals surface area contributed by atoms with Gasteiger partial charge in [0.1, 0.15) is 11.1 Å². The topological polar surface area (TPSA) is 48.1 Å². The standard InChI is InChI=1S/C13H22N2OS/c1-4-6-9-11(13(2,3)14)17-12(15-9)10-7-5-8-16-10/h10H,4-8,14H2,1-3H3. The molecule has 1 fully saturated rings. The van der Waals surface area contributed by atoms with Crippen LogP contribution in [-0.4, -0.2) is 11.6 Å². The third-order valence-electron chi connectivity index (χ3n) is 2.99. The van der Waals surface area contributed by atoms with Gasteiger partial charge in [-0.2, -0.15) is 0 Å². The zero-order valence-corrected chi connectivity index (χ0v) is 11.8. The lowest BCUT2D eigenvalue weighted by Gasteiger charge is -2.17. The smallest absolute Gasteiger partial charge is 0.122 e. The van der Waals surface area contributed by atoms with Crippen LogP contribution < -0.4 is 5.73 Å². The van der Waals surface area contributed by atoms with E-state index < -0.39 is 0 Å². The molecule has 4 heteroatoms. The monoisotopic (exact) mass is 254 g/mol. The number of aromatic nitrogens is 1. The van der Waals surface area contributed by atoms with E-state index in [-0.39, 0.29) is 11.6 Å². The van der Waals surface area contributed by atoms with Gasteiger partial charge in [0.05, 0.1) is 5.69 Å². The van der Waals surface area contributed by atoms with Gasteiger partial charge in [0, 0.05) is 17.0 Å². The summed E-state index contributed by atoms with van der Waals surface area (Å²) >= 11 is 1.74. The van der Waals surface area contributed by atoms with E-state index in [0.29, 0.717) is 0 Å². The number of thiazole rings is 1. The molecule has 1 aromatic heterocycles. The van der Waals surface area contributed by atoms with E-state index in [1.54, 1.807) is 11.3 Å². The second-order valence-corrected chi connectivity index (χ2v) is 6.33. The second-order valence-electron chi connectivity index (χ2n) is 5.30. The molecule has 1 aliphatic heterocycles. The molecule has 2 N–H and O–H groups in total. The Balaban J connectivity index is 2.29. The van der Waals surface area contributed by atoms with Crippen molar-refractivity contribution in [3.8, 4) is 0 Å². The average molecular weight is 254 g/mol. The van der Waals surface area contributed by atoms with Crippen LogP contribution in [0, 0.1) is 0 Å². The number of nitrogens with two attached hydrogens (primary N) is 1. The van der Waals surface area contributed by atoms with Crippen molar-refractivity contribution in [2.24, 2.45) is 5.73 Å². The van der Waals surface area contributed by atoms with Crippen molar-refractivity contribution in [2.75, 3.05) is 6.61 Å². The first-order chi connectivity index (χ1) is 8.02. The van der Waals surface area contributed by atoms with Gasteiger partial charge in [0.2, 0.25) is 0 Å². The number of hydrogen-bond donors (Lipinski definition) is 1. The van der Waals surface area contributed by atoms with Crippen LogP contribution in [0.1, 0.15) is 61.7 Å². The van der Waals surface area contributed by atoms with Gasteiger partial charge in [-0.05, 0) is 33.1 Å². The summed E-state index contributed by atoms with van der Waals surface area (Å²) in [5.74, 6) is 0. The van der Waals surface area contributed by atoms with E-state index in [1.807, 2.05) is 0 Å². The Bertz CT molecular complexity index is 375. The Morgan fingerprint density at radius 3 is 2.82 bits per heavy atom. The van der Waals surface area contributed by atoms with E-state index in [2.05, 4.69) is 20.8 Å². The summed E-state index contributed by atoms with van der Waals surface area (Å²) in [6.07, 6.45) is 4.58. The number of ether oxygens (including phenoxy) is 1. The van der Waals surface area contributed by atoms with Crippen LogP contribution in [-0.2, 0) is 16.7 Å². The van der Waals surface area contributed by atoms with Crippen molar-refractivity contribution in [1.82, 2.24) is 4.98 Å². The molecule has 1 atom stereocenters. The van der Waals surface area contributed by atoms with E-state index in [0.717, 1.165) is 37.3 Å². The molecule has 0 bridgehead atoms.